The molecule has 0 aliphatic heterocycles. The molecule has 1 aromatic heterocycles. The Balaban J connectivity index is 2.28. The smallest absolute Gasteiger partial charge is 0.272 e. The average molecular weight is 247 g/mol. The van der Waals surface area contributed by atoms with Crippen molar-refractivity contribution in [1.82, 2.24) is 15.1 Å². The number of hydrogen-bond acceptors (Lipinski definition) is 3. The van der Waals surface area contributed by atoms with E-state index in [1.54, 1.807) is 25.6 Å². The molecule has 0 atom stereocenters. The van der Waals surface area contributed by atoms with Crippen LogP contribution >= 0.6 is 0 Å². The van der Waals surface area contributed by atoms with Crippen LogP contribution in [-0.2, 0) is 7.05 Å². The topological polar surface area (TPSA) is 67.2 Å². The van der Waals surface area contributed by atoms with Gasteiger partial charge in [0.15, 0.2) is 5.69 Å². The van der Waals surface area contributed by atoms with Crippen LogP contribution in [0.4, 0.5) is 0 Å². The van der Waals surface area contributed by atoms with Crippen molar-refractivity contribution < 1.29 is 9.90 Å². The zero-order valence-electron chi connectivity index (χ0n) is 10.8. The molecule has 0 saturated heterocycles. The van der Waals surface area contributed by atoms with Crippen LogP contribution in [0.5, 0.6) is 0 Å². The summed E-state index contributed by atoms with van der Waals surface area (Å²) in [4.78, 5) is 12.0. The number of nitrogens with zero attached hydrogens (tertiary/aromatic N) is 2. The third-order valence-electron chi connectivity index (χ3n) is 2.65. The molecule has 1 amide bonds. The molecule has 0 unspecified atom stereocenters. The number of carbonyl (C=O) groups excluding carboxylic acids is 1. The molecule has 2 aromatic rings. The molecule has 0 spiro atoms. The number of aryl methyl sites for hydroxylation is 1. The zero-order chi connectivity index (χ0) is 13.3. The minimum atomic E-state index is -0.930. The fourth-order valence-electron chi connectivity index (χ4n) is 1.76. The van der Waals surface area contributed by atoms with E-state index in [0.717, 1.165) is 10.9 Å². The number of aliphatic hydroxyl groups is 1. The van der Waals surface area contributed by atoms with Gasteiger partial charge in [0.05, 0.1) is 11.1 Å². The number of fused-ring (bicyclic) bond motifs is 1. The molecule has 0 aliphatic carbocycles. The molecule has 2 N–H and O–H groups in total. The first-order valence-corrected chi connectivity index (χ1v) is 5.81. The third-order valence-corrected chi connectivity index (χ3v) is 2.65. The van der Waals surface area contributed by atoms with Crippen molar-refractivity contribution in [3.8, 4) is 0 Å². The molecule has 0 radical (unpaired) electrons. The molecule has 0 fully saturated rings. The van der Waals surface area contributed by atoms with Gasteiger partial charge in [-0.15, -0.1) is 0 Å². The van der Waals surface area contributed by atoms with Crippen molar-refractivity contribution in [3.63, 3.8) is 0 Å². The summed E-state index contributed by atoms with van der Waals surface area (Å²) in [5.74, 6) is -0.270. The molecule has 0 aliphatic rings. The number of rotatable bonds is 3. The second-order valence-corrected chi connectivity index (χ2v) is 4.98. The van der Waals surface area contributed by atoms with E-state index < -0.39 is 5.60 Å². The van der Waals surface area contributed by atoms with Crippen LogP contribution in [0.1, 0.15) is 24.3 Å². The number of aromatic nitrogens is 2. The van der Waals surface area contributed by atoms with E-state index >= 15 is 0 Å². The minimum Gasteiger partial charge on any atom is -0.389 e. The lowest BCUT2D eigenvalue weighted by atomic mass is 10.1. The van der Waals surface area contributed by atoms with E-state index in [2.05, 4.69) is 10.4 Å². The van der Waals surface area contributed by atoms with Crippen LogP contribution in [0.3, 0.4) is 0 Å². The Morgan fingerprint density at radius 2 is 2.11 bits per heavy atom. The monoisotopic (exact) mass is 247 g/mol. The van der Waals surface area contributed by atoms with Gasteiger partial charge in [0.2, 0.25) is 0 Å². The van der Waals surface area contributed by atoms with Gasteiger partial charge in [-0.2, -0.15) is 5.10 Å². The standard InChI is InChI=1S/C13H17N3O2/c1-13(2,18)8-14-12(17)11-9-6-4-5-7-10(9)16(3)15-11/h4-7,18H,8H2,1-3H3,(H,14,17). The number of amides is 1. The Morgan fingerprint density at radius 1 is 1.44 bits per heavy atom. The summed E-state index contributed by atoms with van der Waals surface area (Å²) in [6, 6.07) is 7.55. The van der Waals surface area contributed by atoms with Gasteiger partial charge < -0.3 is 10.4 Å². The SMILES string of the molecule is Cn1nc(C(=O)NCC(C)(C)O)c2ccccc21. The molecule has 1 heterocycles. The van der Waals surface area contributed by atoms with Crippen molar-refractivity contribution in [2.45, 2.75) is 19.4 Å². The van der Waals surface area contributed by atoms with Gasteiger partial charge in [0.25, 0.3) is 5.91 Å². The van der Waals surface area contributed by atoms with Crippen LogP contribution < -0.4 is 5.32 Å². The molecule has 18 heavy (non-hydrogen) atoms. The lowest BCUT2D eigenvalue weighted by molar-refractivity contribution is 0.0692. The molecule has 0 bridgehead atoms. The maximum absolute atomic E-state index is 12.0. The largest absolute Gasteiger partial charge is 0.389 e. The summed E-state index contributed by atoms with van der Waals surface area (Å²) >= 11 is 0. The molecule has 1 aromatic carbocycles. The van der Waals surface area contributed by atoms with Gasteiger partial charge in [0.1, 0.15) is 0 Å². The molecule has 0 saturated carbocycles. The highest BCUT2D eigenvalue weighted by atomic mass is 16.3. The van der Waals surface area contributed by atoms with Crippen LogP contribution in [0.25, 0.3) is 10.9 Å². The highest BCUT2D eigenvalue weighted by molar-refractivity contribution is 6.04. The first-order chi connectivity index (χ1) is 8.38. The first-order valence-electron chi connectivity index (χ1n) is 5.81. The Morgan fingerprint density at radius 3 is 2.78 bits per heavy atom. The first kappa shape index (κ1) is 12.6. The summed E-state index contributed by atoms with van der Waals surface area (Å²) in [5.41, 5.74) is 0.364. The van der Waals surface area contributed by atoms with Crippen LogP contribution in [0.15, 0.2) is 24.3 Å². The summed E-state index contributed by atoms with van der Waals surface area (Å²) in [6.07, 6.45) is 0. The van der Waals surface area contributed by atoms with Gasteiger partial charge in [-0.25, -0.2) is 0 Å². The lowest BCUT2D eigenvalue weighted by Gasteiger charge is -2.17. The fourth-order valence-corrected chi connectivity index (χ4v) is 1.76. The zero-order valence-corrected chi connectivity index (χ0v) is 10.8. The summed E-state index contributed by atoms with van der Waals surface area (Å²) in [7, 11) is 1.80. The summed E-state index contributed by atoms with van der Waals surface area (Å²) < 4.78 is 1.67. The second kappa shape index (κ2) is 4.42. The minimum absolute atomic E-state index is 0.191. The van der Waals surface area contributed by atoms with Crippen molar-refractivity contribution in [1.29, 1.82) is 0 Å². The van der Waals surface area contributed by atoms with Crippen LogP contribution in [0.2, 0.25) is 0 Å². The molecular formula is C13H17N3O2. The summed E-state index contributed by atoms with van der Waals surface area (Å²) in [6.45, 7) is 3.48. The quantitative estimate of drug-likeness (QED) is 0.852. The van der Waals surface area contributed by atoms with Crippen molar-refractivity contribution >= 4 is 16.8 Å². The number of hydrogen-bond donors (Lipinski definition) is 2. The van der Waals surface area contributed by atoms with Gasteiger partial charge >= 0.3 is 0 Å². The molecule has 2 rings (SSSR count). The van der Waals surface area contributed by atoms with E-state index in [1.807, 2.05) is 24.3 Å². The number of para-hydroxylation sites is 1. The Bertz CT molecular complexity index is 581. The third kappa shape index (κ3) is 2.51. The number of benzene rings is 1. The lowest BCUT2D eigenvalue weighted by Crippen LogP contribution is -2.38. The van der Waals surface area contributed by atoms with E-state index in [1.165, 1.54) is 0 Å². The van der Waals surface area contributed by atoms with Gasteiger partial charge in [0, 0.05) is 19.0 Å². The van der Waals surface area contributed by atoms with Gasteiger partial charge in [-0.1, -0.05) is 18.2 Å². The molecular weight excluding hydrogens is 230 g/mol. The van der Waals surface area contributed by atoms with Crippen molar-refractivity contribution in [2.24, 2.45) is 7.05 Å². The highest BCUT2D eigenvalue weighted by Gasteiger charge is 2.18. The molecule has 96 valence electrons. The van der Waals surface area contributed by atoms with E-state index in [-0.39, 0.29) is 12.5 Å². The predicted octanol–water partition coefficient (Wildman–Crippen LogP) is 1.07. The van der Waals surface area contributed by atoms with E-state index in [9.17, 15) is 9.90 Å². The Labute approximate surface area is 105 Å². The van der Waals surface area contributed by atoms with Gasteiger partial charge in [-0.05, 0) is 19.9 Å². The number of nitrogens with one attached hydrogen (secondary N) is 1. The van der Waals surface area contributed by atoms with Crippen molar-refractivity contribution in [2.75, 3.05) is 6.54 Å². The van der Waals surface area contributed by atoms with E-state index in [0.29, 0.717) is 5.69 Å². The Hall–Kier alpha value is -1.88. The van der Waals surface area contributed by atoms with Crippen molar-refractivity contribution in [3.05, 3.63) is 30.0 Å². The average Bonchev–Trinajstić information content (AvgIpc) is 2.64. The maximum Gasteiger partial charge on any atom is 0.272 e. The maximum atomic E-state index is 12.0. The number of carbonyl (C=O) groups is 1. The van der Waals surface area contributed by atoms with Crippen LogP contribution in [0, 0.1) is 0 Å². The normalized spacial score (nSPS) is 11.8. The predicted molar refractivity (Wildman–Crippen MR) is 69.3 cm³/mol. The van der Waals surface area contributed by atoms with Gasteiger partial charge in [-0.3, -0.25) is 9.48 Å². The highest BCUT2D eigenvalue weighted by Crippen LogP contribution is 2.17. The molecule has 5 heteroatoms. The van der Waals surface area contributed by atoms with E-state index in [4.69, 9.17) is 0 Å². The summed E-state index contributed by atoms with van der Waals surface area (Å²) in [5, 5.41) is 17.3. The van der Waals surface area contributed by atoms with Crippen LogP contribution in [-0.4, -0.2) is 32.9 Å². The Kier molecular flexibility index (Phi) is 3.09. The molecule has 5 nitrogen and oxygen atoms in total. The second-order valence-electron chi connectivity index (χ2n) is 4.98. The fraction of sp³-hybridized carbons (Fsp3) is 0.385.